The Hall–Kier alpha value is -3.86. The van der Waals surface area contributed by atoms with Crippen LogP contribution in [0.25, 0.3) is 0 Å². The summed E-state index contributed by atoms with van der Waals surface area (Å²) in [6.07, 6.45) is -0.179. The zero-order chi connectivity index (χ0) is 25.8. The van der Waals surface area contributed by atoms with E-state index in [0.717, 1.165) is 14.9 Å². The van der Waals surface area contributed by atoms with Crippen molar-refractivity contribution in [3.8, 4) is 5.75 Å². The van der Waals surface area contributed by atoms with Crippen LogP contribution < -0.4 is 10.1 Å². The number of hydrogen-bond donors (Lipinski definition) is 1. The maximum absolute atomic E-state index is 13.3. The Balaban J connectivity index is 1.65. The highest BCUT2D eigenvalue weighted by Crippen LogP contribution is 2.34. The molecular formula is C25H24BrN3O7. The smallest absolute Gasteiger partial charge is 0.355 e. The van der Waals surface area contributed by atoms with Crippen molar-refractivity contribution in [3.63, 3.8) is 0 Å². The molecule has 2 aromatic rings. The van der Waals surface area contributed by atoms with Crippen LogP contribution in [0.4, 0.5) is 4.79 Å². The van der Waals surface area contributed by atoms with Crippen molar-refractivity contribution in [3.05, 3.63) is 75.4 Å². The molecule has 2 aliphatic rings. The van der Waals surface area contributed by atoms with E-state index in [1.807, 2.05) is 24.3 Å². The molecule has 0 fully saturated rings. The molecule has 2 aliphatic heterocycles. The van der Waals surface area contributed by atoms with Crippen molar-refractivity contribution in [1.82, 2.24) is 10.2 Å². The summed E-state index contributed by atoms with van der Waals surface area (Å²) < 4.78 is 15.9. The summed E-state index contributed by atoms with van der Waals surface area (Å²) in [5.74, 6) is -0.907. The fraction of sp³-hybridized carbons (Fsp3) is 0.280. The molecule has 0 saturated heterocycles. The number of benzene rings is 2. The van der Waals surface area contributed by atoms with Gasteiger partial charge in [-0.2, -0.15) is 0 Å². The number of halogens is 1. The predicted octanol–water partition coefficient (Wildman–Crippen LogP) is 3.32. The van der Waals surface area contributed by atoms with Crippen molar-refractivity contribution < 1.29 is 33.4 Å². The second kappa shape index (κ2) is 10.8. The lowest BCUT2D eigenvalue weighted by Crippen LogP contribution is -2.52. The van der Waals surface area contributed by atoms with Gasteiger partial charge in [0.1, 0.15) is 11.4 Å². The second-order valence-electron chi connectivity index (χ2n) is 7.99. The van der Waals surface area contributed by atoms with Gasteiger partial charge in [0.15, 0.2) is 6.10 Å². The first-order valence-corrected chi connectivity index (χ1v) is 11.8. The van der Waals surface area contributed by atoms with E-state index in [-0.39, 0.29) is 17.8 Å². The lowest BCUT2D eigenvalue weighted by molar-refractivity contribution is -0.141. The van der Waals surface area contributed by atoms with Crippen LogP contribution in [-0.4, -0.2) is 62.6 Å². The second-order valence-corrected chi connectivity index (χ2v) is 8.91. The van der Waals surface area contributed by atoms with E-state index >= 15 is 0 Å². The molecule has 36 heavy (non-hydrogen) atoms. The Morgan fingerprint density at radius 3 is 2.47 bits per heavy atom. The number of carbonyl (C=O) groups excluding carboxylic acids is 3. The summed E-state index contributed by atoms with van der Waals surface area (Å²) >= 11 is 3.40. The SMILES string of the molecule is COC(=O)C1=C(C(=O)OC)N(CC2CC(c3ccc(OC)cc3)=NO2)C(=O)NC1c1cccc(Br)c1. The van der Waals surface area contributed by atoms with Gasteiger partial charge in [-0.3, -0.25) is 4.90 Å². The number of amides is 2. The zero-order valence-corrected chi connectivity index (χ0v) is 21.4. The maximum atomic E-state index is 13.3. The predicted molar refractivity (Wildman–Crippen MR) is 132 cm³/mol. The van der Waals surface area contributed by atoms with E-state index in [1.165, 1.54) is 14.2 Å². The largest absolute Gasteiger partial charge is 0.497 e. The first kappa shape index (κ1) is 25.2. The molecule has 0 aromatic heterocycles. The molecule has 10 nitrogen and oxygen atoms in total. The van der Waals surface area contributed by atoms with Crippen LogP contribution in [-0.2, 0) is 23.9 Å². The molecule has 2 atom stereocenters. The molecule has 4 rings (SSSR count). The first-order valence-electron chi connectivity index (χ1n) is 11.0. The van der Waals surface area contributed by atoms with Crippen LogP contribution in [0.15, 0.2) is 69.4 Å². The fourth-order valence-electron chi connectivity index (χ4n) is 4.09. The van der Waals surface area contributed by atoms with Crippen molar-refractivity contribution in [2.75, 3.05) is 27.9 Å². The average molecular weight is 558 g/mol. The minimum absolute atomic E-state index is 0.0451. The first-order chi connectivity index (χ1) is 17.4. The number of carbonyl (C=O) groups is 3. The van der Waals surface area contributed by atoms with Gasteiger partial charge in [0.2, 0.25) is 0 Å². The topological polar surface area (TPSA) is 116 Å². The normalized spacial score (nSPS) is 19.3. The van der Waals surface area contributed by atoms with Crippen molar-refractivity contribution >= 4 is 39.6 Å². The van der Waals surface area contributed by atoms with E-state index in [1.54, 1.807) is 31.4 Å². The number of nitrogens with one attached hydrogen (secondary N) is 1. The molecule has 0 aliphatic carbocycles. The number of nitrogens with zero attached hydrogens (tertiary/aromatic N) is 2. The van der Waals surface area contributed by atoms with E-state index in [0.29, 0.717) is 23.4 Å². The third-order valence-corrected chi connectivity index (χ3v) is 6.33. The highest BCUT2D eigenvalue weighted by Gasteiger charge is 2.43. The summed E-state index contributed by atoms with van der Waals surface area (Å²) in [4.78, 5) is 45.8. The molecule has 11 heteroatoms. The number of ether oxygens (including phenoxy) is 3. The summed E-state index contributed by atoms with van der Waals surface area (Å²) in [5.41, 5.74) is 1.86. The van der Waals surface area contributed by atoms with Gasteiger partial charge in [0, 0.05) is 10.9 Å². The molecule has 2 unspecified atom stereocenters. The Labute approximate surface area is 215 Å². The molecule has 2 amide bonds. The fourth-order valence-corrected chi connectivity index (χ4v) is 4.51. The van der Waals surface area contributed by atoms with Crippen molar-refractivity contribution in [1.29, 1.82) is 0 Å². The van der Waals surface area contributed by atoms with Crippen LogP contribution in [0.1, 0.15) is 23.6 Å². The van der Waals surface area contributed by atoms with Crippen LogP contribution >= 0.6 is 15.9 Å². The zero-order valence-electron chi connectivity index (χ0n) is 19.8. The number of esters is 2. The van der Waals surface area contributed by atoms with Crippen LogP contribution in [0, 0.1) is 0 Å². The van der Waals surface area contributed by atoms with Crippen LogP contribution in [0.3, 0.4) is 0 Å². The molecular weight excluding hydrogens is 534 g/mol. The summed E-state index contributed by atoms with van der Waals surface area (Å²) in [5, 5.41) is 6.96. The van der Waals surface area contributed by atoms with E-state index < -0.39 is 30.1 Å². The molecule has 0 radical (unpaired) electrons. The summed E-state index contributed by atoms with van der Waals surface area (Å²) in [6, 6.07) is 12.9. The summed E-state index contributed by atoms with van der Waals surface area (Å²) in [6.45, 7) is -0.0505. The van der Waals surface area contributed by atoms with Gasteiger partial charge in [0.05, 0.1) is 45.2 Å². The monoisotopic (exact) mass is 557 g/mol. The number of urea groups is 1. The molecule has 0 spiro atoms. The molecule has 0 saturated carbocycles. The van der Waals surface area contributed by atoms with Gasteiger partial charge in [-0.05, 0) is 47.5 Å². The third-order valence-electron chi connectivity index (χ3n) is 5.84. The molecule has 2 aromatic carbocycles. The van der Waals surface area contributed by atoms with Gasteiger partial charge >= 0.3 is 18.0 Å². The molecule has 2 heterocycles. The van der Waals surface area contributed by atoms with Gasteiger partial charge in [-0.15, -0.1) is 0 Å². The molecule has 0 bridgehead atoms. The number of methoxy groups -OCH3 is 3. The molecule has 188 valence electrons. The third kappa shape index (κ3) is 5.06. The Bertz CT molecular complexity index is 1240. The van der Waals surface area contributed by atoms with E-state index in [4.69, 9.17) is 19.0 Å². The Morgan fingerprint density at radius 1 is 1.11 bits per heavy atom. The molecule has 1 N–H and O–H groups in total. The number of hydrogen-bond acceptors (Lipinski definition) is 8. The lowest BCUT2D eigenvalue weighted by Gasteiger charge is -2.35. The van der Waals surface area contributed by atoms with Gasteiger partial charge < -0.3 is 24.4 Å². The van der Waals surface area contributed by atoms with E-state index in [2.05, 4.69) is 26.4 Å². The highest BCUT2D eigenvalue weighted by molar-refractivity contribution is 9.10. The number of rotatable bonds is 7. The minimum Gasteiger partial charge on any atom is -0.497 e. The van der Waals surface area contributed by atoms with Gasteiger partial charge in [0.25, 0.3) is 0 Å². The van der Waals surface area contributed by atoms with Crippen molar-refractivity contribution in [2.45, 2.75) is 18.6 Å². The van der Waals surface area contributed by atoms with Gasteiger partial charge in [-0.25, -0.2) is 14.4 Å². The Morgan fingerprint density at radius 2 is 1.83 bits per heavy atom. The summed E-state index contributed by atoms with van der Waals surface area (Å²) in [7, 11) is 3.97. The maximum Gasteiger partial charge on any atom is 0.355 e. The lowest BCUT2D eigenvalue weighted by atomic mass is 9.94. The number of oxime groups is 1. The van der Waals surface area contributed by atoms with E-state index in [9.17, 15) is 14.4 Å². The Kier molecular flexibility index (Phi) is 7.58. The quantitative estimate of drug-likeness (QED) is 0.519. The van der Waals surface area contributed by atoms with Gasteiger partial charge in [-0.1, -0.05) is 33.2 Å². The standard InChI is InChI=1S/C25H24BrN3O7/c1-33-17-9-7-14(8-10-17)19-12-18(36-28-19)13-29-22(24(31)35-3)20(23(30)34-2)21(27-25(29)32)15-5-4-6-16(26)11-15/h4-11,18,21H,12-13H2,1-3H3,(H,27,32). The minimum atomic E-state index is -0.927. The highest BCUT2D eigenvalue weighted by atomic mass is 79.9. The van der Waals surface area contributed by atoms with Crippen LogP contribution in [0.2, 0.25) is 0 Å². The van der Waals surface area contributed by atoms with Crippen LogP contribution in [0.5, 0.6) is 5.75 Å². The average Bonchev–Trinajstić information content (AvgIpc) is 3.37. The van der Waals surface area contributed by atoms with Crippen molar-refractivity contribution in [2.24, 2.45) is 5.16 Å².